The standard InChI is InChI=1S/C16H25F2N7O.ClH/c1-5-25(6-2)15-23-12-11(14(24-15)19-7-10(17)18)21-9-22-13(12)20-8-16(3,4)26;/h9-10,26H,5-8H2,1-4H3,(H,19,23,24)(H,20,21,22);1H. The molecule has 0 unspecified atom stereocenters. The van der Waals surface area contributed by atoms with Crippen molar-refractivity contribution in [3.05, 3.63) is 6.33 Å². The number of nitrogens with one attached hydrogen (secondary N) is 2. The summed E-state index contributed by atoms with van der Waals surface area (Å²) < 4.78 is 25.3. The summed E-state index contributed by atoms with van der Waals surface area (Å²) in [7, 11) is 0. The van der Waals surface area contributed by atoms with E-state index in [0.717, 1.165) is 0 Å². The lowest BCUT2D eigenvalue weighted by Crippen LogP contribution is -2.30. The second-order valence-corrected chi connectivity index (χ2v) is 6.40. The predicted molar refractivity (Wildman–Crippen MR) is 105 cm³/mol. The highest BCUT2D eigenvalue weighted by atomic mass is 35.5. The van der Waals surface area contributed by atoms with Crippen LogP contribution in [0.15, 0.2) is 6.33 Å². The van der Waals surface area contributed by atoms with Crippen molar-refractivity contribution in [2.24, 2.45) is 0 Å². The Balaban J connectivity index is 0.00000364. The van der Waals surface area contributed by atoms with Crippen LogP contribution in [-0.2, 0) is 0 Å². The maximum atomic E-state index is 12.7. The molecule has 2 rings (SSSR count). The van der Waals surface area contributed by atoms with Crippen molar-refractivity contribution in [1.29, 1.82) is 0 Å². The second kappa shape index (κ2) is 9.75. The van der Waals surface area contributed by atoms with Crippen molar-refractivity contribution in [1.82, 2.24) is 19.9 Å². The maximum absolute atomic E-state index is 12.7. The first-order valence-electron chi connectivity index (χ1n) is 8.51. The molecule has 3 N–H and O–H groups in total. The summed E-state index contributed by atoms with van der Waals surface area (Å²) in [5.74, 6) is 1.04. The van der Waals surface area contributed by atoms with Crippen LogP contribution < -0.4 is 15.5 Å². The first kappa shape index (κ1) is 23.0. The molecule has 2 aromatic rings. The molecule has 0 atom stereocenters. The zero-order valence-corrected chi connectivity index (χ0v) is 16.6. The number of halogens is 3. The summed E-state index contributed by atoms with van der Waals surface area (Å²) in [5.41, 5.74) is -0.205. The molecule has 27 heavy (non-hydrogen) atoms. The molecule has 0 radical (unpaired) electrons. The van der Waals surface area contributed by atoms with Crippen LogP contribution in [0.5, 0.6) is 0 Å². The van der Waals surface area contributed by atoms with Crippen LogP contribution in [0.3, 0.4) is 0 Å². The van der Waals surface area contributed by atoms with Gasteiger partial charge in [0.15, 0.2) is 11.6 Å². The number of rotatable bonds is 9. The Kier molecular flexibility index (Phi) is 8.29. The first-order chi connectivity index (χ1) is 12.2. The van der Waals surface area contributed by atoms with Crippen LogP contribution in [0, 0.1) is 0 Å². The van der Waals surface area contributed by atoms with Crippen molar-refractivity contribution < 1.29 is 13.9 Å². The molecular weight excluding hydrogens is 380 g/mol. The number of nitrogens with zero attached hydrogens (tertiary/aromatic N) is 5. The zero-order valence-electron chi connectivity index (χ0n) is 15.8. The predicted octanol–water partition coefficient (Wildman–Crippen LogP) is 2.55. The molecule has 8 nitrogen and oxygen atoms in total. The van der Waals surface area contributed by atoms with Crippen LogP contribution in [-0.4, -0.2) is 63.2 Å². The Labute approximate surface area is 163 Å². The molecule has 0 aliphatic carbocycles. The SMILES string of the molecule is CCN(CC)c1nc(NCC(F)F)c2ncnc(NCC(C)(C)O)c2n1.Cl. The summed E-state index contributed by atoms with van der Waals surface area (Å²) in [6.45, 7) is 8.26. The highest BCUT2D eigenvalue weighted by Gasteiger charge is 2.19. The minimum absolute atomic E-state index is 0. The lowest BCUT2D eigenvalue weighted by Gasteiger charge is -2.21. The van der Waals surface area contributed by atoms with Gasteiger partial charge in [-0.05, 0) is 27.7 Å². The van der Waals surface area contributed by atoms with Crippen molar-refractivity contribution in [2.45, 2.75) is 39.7 Å². The summed E-state index contributed by atoms with van der Waals surface area (Å²) in [6.07, 6.45) is -1.21. The van der Waals surface area contributed by atoms with E-state index in [4.69, 9.17) is 0 Å². The van der Waals surface area contributed by atoms with E-state index in [9.17, 15) is 13.9 Å². The quantitative estimate of drug-likeness (QED) is 0.585. The van der Waals surface area contributed by atoms with Gasteiger partial charge >= 0.3 is 0 Å². The van der Waals surface area contributed by atoms with E-state index >= 15 is 0 Å². The number of aliphatic hydroxyl groups is 1. The van der Waals surface area contributed by atoms with Gasteiger partial charge in [-0.3, -0.25) is 0 Å². The Morgan fingerprint density at radius 2 is 1.74 bits per heavy atom. The van der Waals surface area contributed by atoms with E-state index in [0.29, 0.717) is 35.9 Å². The third kappa shape index (κ3) is 6.24. The third-order valence-corrected chi connectivity index (χ3v) is 3.63. The topological polar surface area (TPSA) is 99.1 Å². The van der Waals surface area contributed by atoms with E-state index in [1.807, 2.05) is 18.7 Å². The molecule has 2 aromatic heterocycles. The van der Waals surface area contributed by atoms with Gasteiger partial charge in [0, 0.05) is 19.6 Å². The van der Waals surface area contributed by atoms with Gasteiger partial charge in [0.25, 0.3) is 6.43 Å². The lowest BCUT2D eigenvalue weighted by molar-refractivity contribution is 0.0944. The minimum Gasteiger partial charge on any atom is -0.389 e. The fourth-order valence-corrected chi connectivity index (χ4v) is 2.31. The molecule has 11 heteroatoms. The molecule has 0 bridgehead atoms. The largest absolute Gasteiger partial charge is 0.389 e. The monoisotopic (exact) mass is 405 g/mol. The number of anilines is 3. The van der Waals surface area contributed by atoms with Gasteiger partial charge in [0.05, 0.1) is 12.1 Å². The van der Waals surface area contributed by atoms with E-state index in [-0.39, 0.29) is 24.8 Å². The van der Waals surface area contributed by atoms with E-state index in [1.54, 1.807) is 13.8 Å². The molecule has 2 heterocycles. The molecule has 0 saturated heterocycles. The summed E-state index contributed by atoms with van der Waals surface area (Å²) >= 11 is 0. The maximum Gasteiger partial charge on any atom is 0.255 e. The molecule has 0 fully saturated rings. The van der Waals surface area contributed by atoms with Crippen molar-refractivity contribution >= 4 is 41.0 Å². The van der Waals surface area contributed by atoms with Gasteiger partial charge in [0.2, 0.25) is 5.95 Å². The molecule has 0 spiro atoms. The zero-order chi connectivity index (χ0) is 19.3. The molecule has 0 aliphatic heterocycles. The normalized spacial score (nSPS) is 11.4. The fourth-order valence-electron chi connectivity index (χ4n) is 2.31. The van der Waals surface area contributed by atoms with Crippen molar-refractivity contribution in [3.63, 3.8) is 0 Å². The summed E-state index contributed by atoms with van der Waals surface area (Å²) in [6, 6.07) is 0. The molecule has 152 valence electrons. The Morgan fingerprint density at radius 3 is 2.30 bits per heavy atom. The lowest BCUT2D eigenvalue weighted by atomic mass is 10.1. The fraction of sp³-hybridized carbons (Fsp3) is 0.625. The van der Waals surface area contributed by atoms with Crippen LogP contribution in [0.2, 0.25) is 0 Å². The van der Waals surface area contributed by atoms with Gasteiger partial charge < -0.3 is 20.6 Å². The second-order valence-electron chi connectivity index (χ2n) is 6.40. The van der Waals surface area contributed by atoms with Gasteiger partial charge in [-0.1, -0.05) is 0 Å². The minimum atomic E-state index is -2.52. The highest BCUT2D eigenvalue weighted by molar-refractivity contribution is 5.93. The van der Waals surface area contributed by atoms with Gasteiger partial charge in [-0.25, -0.2) is 23.7 Å². The molecule has 0 amide bonds. The number of hydrogen-bond donors (Lipinski definition) is 3. The molecule has 0 saturated carbocycles. The molecular formula is C16H26ClF2N7O. The number of hydrogen-bond acceptors (Lipinski definition) is 8. The average molecular weight is 406 g/mol. The highest BCUT2D eigenvalue weighted by Crippen LogP contribution is 2.26. The van der Waals surface area contributed by atoms with E-state index in [2.05, 4.69) is 30.6 Å². The Morgan fingerprint density at radius 1 is 1.07 bits per heavy atom. The molecule has 0 aromatic carbocycles. The summed E-state index contributed by atoms with van der Waals surface area (Å²) in [5, 5.41) is 15.6. The smallest absolute Gasteiger partial charge is 0.255 e. The van der Waals surface area contributed by atoms with Crippen molar-refractivity contribution in [3.8, 4) is 0 Å². The van der Waals surface area contributed by atoms with E-state index in [1.165, 1.54) is 6.33 Å². The number of alkyl halides is 2. The number of aromatic nitrogens is 4. The summed E-state index contributed by atoms with van der Waals surface area (Å²) in [4.78, 5) is 19.1. The van der Waals surface area contributed by atoms with Crippen LogP contribution in [0.1, 0.15) is 27.7 Å². The van der Waals surface area contributed by atoms with Crippen LogP contribution >= 0.6 is 12.4 Å². The van der Waals surface area contributed by atoms with Crippen LogP contribution in [0.4, 0.5) is 26.4 Å². The van der Waals surface area contributed by atoms with Crippen LogP contribution in [0.25, 0.3) is 11.0 Å². The Hall–Kier alpha value is -2.07. The third-order valence-electron chi connectivity index (χ3n) is 3.63. The van der Waals surface area contributed by atoms with Crippen molar-refractivity contribution in [2.75, 3.05) is 41.7 Å². The van der Waals surface area contributed by atoms with E-state index < -0.39 is 18.6 Å². The molecule has 0 aliphatic rings. The van der Waals surface area contributed by atoms with Gasteiger partial charge in [0.1, 0.15) is 17.4 Å². The number of fused-ring (bicyclic) bond motifs is 1. The average Bonchev–Trinajstić information content (AvgIpc) is 2.58. The first-order valence-corrected chi connectivity index (χ1v) is 8.51. The Bertz CT molecular complexity index is 739. The van der Waals surface area contributed by atoms with Gasteiger partial charge in [-0.15, -0.1) is 12.4 Å². The van der Waals surface area contributed by atoms with Gasteiger partial charge in [-0.2, -0.15) is 4.98 Å².